The van der Waals surface area contributed by atoms with Gasteiger partial charge in [-0.1, -0.05) is 12.1 Å². The average Bonchev–Trinajstić information content (AvgIpc) is 2.82. The van der Waals surface area contributed by atoms with Gasteiger partial charge in [0.25, 0.3) is 5.91 Å². The minimum atomic E-state index is -0.833. The Morgan fingerprint density at radius 3 is 2.13 bits per heavy atom. The molecule has 0 aliphatic heterocycles. The first-order valence-corrected chi connectivity index (χ1v) is 9.57. The van der Waals surface area contributed by atoms with Crippen LogP contribution in [0, 0.1) is 11.3 Å². The predicted molar refractivity (Wildman–Crippen MR) is 116 cm³/mol. The summed E-state index contributed by atoms with van der Waals surface area (Å²) < 4.78 is 16.3. The predicted octanol–water partition coefficient (Wildman–Crippen LogP) is 3.64. The molecular formula is C24H22N2O5. The van der Waals surface area contributed by atoms with Crippen LogP contribution in [0.4, 0.5) is 5.69 Å². The van der Waals surface area contributed by atoms with Gasteiger partial charge in [0, 0.05) is 5.69 Å². The van der Waals surface area contributed by atoms with E-state index in [4.69, 9.17) is 19.5 Å². The molecule has 0 heterocycles. The Morgan fingerprint density at radius 2 is 1.55 bits per heavy atom. The highest BCUT2D eigenvalue weighted by molar-refractivity contribution is 6.06. The lowest BCUT2D eigenvalue weighted by molar-refractivity contribution is 0.0626. The smallest absolute Gasteiger partial charge is 0.259 e. The molecule has 3 rings (SSSR count). The second-order valence-electron chi connectivity index (χ2n) is 6.59. The van der Waals surface area contributed by atoms with Crippen LogP contribution >= 0.6 is 0 Å². The van der Waals surface area contributed by atoms with E-state index in [9.17, 15) is 9.90 Å². The van der Waals surface area contributed by atoms with Crippen molar-refractivity contribution >= 4 is 11.6 Å². The average molecular weight is 418 g/mol. The first kappa shape index (κ1) is 21.7. The van der Waals surface area contributed by atoms with Crippen molar-refractivity contribution < 1.29 is 24.1 Å². The molecule has 7 heteroatoms. The van der Waals surface area contributed by atoms with Gasteiger partial charge in [0.15, 0.2) is 0 Å². The molecule has 2 N–H and O–H groups in total. The summed E-state index contributed by atoms with van der Waals surface area (Å²) in [5.74, 6) is 1.33. The number of aliphatic hydroxyl groups excluding tert-OH is 1. The third-order valence-corrected chi connectivity index (χ3v) is 4.33. The normalized spacial score (nSPS) is 11.1. The molecule has 1 amide bonds. The van der Waals surface area contributed by atoms with E-state index in [2.05, 4.69) is 5.32 Å². The highest BCUT2D eigenvalue weighted by Gasteiger charge is 2.12. The number of carbonyl (C=O) groups is 1. The lowest BCUT2D eigenvalue weighted by Gasteiger charge is -2.14. The standard InChI is InChI=1S/C24H22N2O5/c1-29-23-5-3-2-4-22(23)24(28)26-18-8-12-21(13-9-18)31-16-19(27)15-30-20-10-6-17(14-25)7-11-20/h2-13,19,27H,15-16H2,1H3,(H,26,28). The highest BCUT2D eigenvalue weighted by atomic mass is 16.5. The van der Waals surface area contributed by atoms with Gasteiger partial charge in [0.1, 0.15) is 36.6 Å². The number of amides is 1. The SMILES string of the molecule is COc1ccccc1C(=O)Nc1ccc(OCC(O)COc2ccc(C#N)cc2)cc1. The number of benzene rings is 3. The van der Waals surface area contributed by atoms with Gasteiger partial charge in [0.05, 0.1) is 24.3 Å². The van der Waals surface area contributed by atoms with Crippen LogP contribution < -0.4 is 19.5 Å². The Bertz CT molecular complexity index is 1040. The third kappa shape index (κ3) is 6.23. The Labute approximate surface area is 180 Å². The number of carbonyl (C=O) groups excluding carboxylic acids is 1. The number of nitrogens with zero attached hydrogens (tertiary/aromatic N) is 1. The maximum atomic E-state index is 12.4. The van der Waals surface area contributed by atoms with Gasteiger partial charge in [-0.15, -0.1) is 0 Å². The summed E-state index contributed by atoms with van der Waals surface area (Å²) in [6.07, 6.45) is -0.833. The number of hydrogen-bond donors (Lipinski definition) is 2. The van der Waals surface area contributed by atoms with Crippen LogP contribution in [0.2, 0.25) is 0 Å². The Kier molecular flexibility index (Phi) is 7.46. The number of anilines is 1. The zero-order valence-corrected chi connectivity index (χ0v) is 16.9. The largest absolute Gasteiger partial charge is 0.496 e. The molecule has 3 aromatic carbocycles. The fraction of sp³-hybridized carbons (Fsp3) is 0.167. The van der Waals surface area contributed by atoms with Gasteiger partial charge in [-0.05, 0) is 60.7 Å². The number of ether oxygens (including phenoxy) is 3. The molecule has 1 unspecified atom stereocenters. The molecule has 3 aromatic rings. The van der Waals surface area contributed by atoms with Crippen LogP contribution in [0.25, 0.3) is 0 Å². The highest BCUT2D eigenvalue weighted by Crippen LogP contribution is 2.21. The number of para-hydroxylation sites is 1. The second-order valence-corrected chi connectivity index (χ2v) is 6.59. The first-order valence-electron chi connectivity index (χ1n) is 9.57. The number of rotatable bonds is 9. The molecule has 1 atom stereocenters. The number of hydrogen-bond acceptors (Lipinski definition) is 6. The van der Waals surface area contributed by atoms with Crippen molar-refractivity contribution in [2.45, 2.75) is 6.10 Å². The summed E-state index contributed by atoms with van der Waals surface area (Å²) >= 11 is 0. The summed E-state index contributed by atoms with van der Waals surface area (Å²) in [4.78, 5) is 12.4. The van der Waals surface area contributed by atoms with E-state index >= 15 is 0 Å². The van der Waals surface area contributed by atoms with Crippen LogP contribution in [-0.4, -0.2) is 37.4 Å². The summed E-state index contributed by atoms with van der Waals surface area (Å²) in [5, 5.41) is 21.6. The van der Waals surface area contributed by atoms with Crippen LogP contribution in [0.1, 0.15) is 15.9 Å². The van der Waals surface area contributed by atoms with Crippen LogP contribution in [-0.2, 0) is 0 Å². The lowest BCUT2D eigenvalue weighted by atomic mass is 10.2. The summed E-state index contributed by atoms with van der Waals surface area (Å²) in [6.45, 7) is 0.0994. The fourth-order valence-electron chi connectivity index (χ4n) is 2.72. The molecule has 0 saturated carbocycles. The molecule has 158 valence electrons. The maximum Gasteiger partial charge on any atom is 0.259 e. The van der Waals surface area contributed by atoms with E-state index in [1.807, 2.05) is 6.07 Å². The van der Waals surface area contributed by atoms with E-state index in [0.29, 0.717) is 34.1 Å². The molecule has 0 radical (unpaired) electrons. The molecule has 0 aliphatic carbocycles. The van der Waals surface area contributed by atoms with Crippen molar-refractivity contribution in [1.29, 1.82) is 5.26 Å². The quantitative estimate of drug-likeness (QED) is 0.550. The van der Waals surface area contributed by atoms with Crippen molar-refractivity contribution in [2.75, 3.05) is 25.6 Å². The molecule has 0 fully saturated rings. The van der Waals surface area contributed by atoms with E-state index in [1.165, 1.54) is 7.11 Å². The monoisotopic (exact) mass is 418 g/mol. The van der Waals surface area contributed by atoms with Crippen molar-refractivity contribution in [3.05, 3.63) is 83.9 Å². The van der Waals surface area contributed by atoms with Crippen molar-refractivity contribution in [2.24, 2.45) is 0 Å². The molecule has 31 heavy (non-hydrogen) atoms. The number of methoxy groups -OCH3 is 1. The lowest BCUT2D eigenvalue weighted by Crippen LogP contribution is -2.25. The Morgan fingerprint density at radius 1 is 0.968 bits per heavy atom. The summed E-state index contributed by atoms with van der Waals surface area (Å²) in [5.41, 5.74) is 1.59. The van der Waals surface area contributed by atoms with Crippen LogP contribution in [0.15, 0.2) is 72.8 Å². The molecule has 0 aliphatic rings. The zero-order chi connectivity index (χ0) is 22.1. The molecule has 0 aromatic heterocycles. The number of nitrogens with one attached hydrogen (secondary N) is 1. The summed E-state index contributed by atoms with van der Waals surface area (Å²) in [6, 6.07) is 22.5. The minimum Gasteiger partial charge on any atom is -0.496 e. The topological polar surface area (TPSA) is 101 Å². The fourth-order valence-corrected chi connectivity index (χ4v) is 2.72. The van der Waals surface area contributed by atoms with Crippen molar-refractivity contribution in [3.8, 4) is 23.3 Å². The van der Waals surface area contributed by atoms with Gasteiger partial charge >= 0.3 is 0 Å². The zero-order valence-electron chi connectivity index (χ0n) is 16.9. The number of nitriles is 1. The Hall–Kier alpha value is -4.02. The van der Waals surface area contributed by atoms with Gasteiger partial charge in [0.2, 0.25) is 0 Å². The van der Waals surface area contributed by atoms with E-state index < -0.39 is 6.10 Å². The van der Waals surface area contributed by atoms with Gasteiger partial charge < -0.3 is 24.6 Å². The van der Waals surface area contributed by atoms with E-state index in [0.717, 1.165) is 0 Å². The van der Waals surface area contributed by atoms with Crippen molar-refractivity contribution in [3.63, 3.8) is 0 Å². The Balaban J connectivity index is 1.46. The molecule has 7 nitrogen and oxygen atoms in total. The van der Waals surface area contributed by atoms with Gasteiger partial charge in [-0.3, -0.25) is 4.79 Å². The first-order chi connectivity index (χ1) is 15.1. The minimum absolute atomic E-state index is 0.0448. The second kappa shape index (κ2) is 10.7. The molecule has 0 saturated heterocycles. The molecule has 0 bridgehead atoms. The van der Waals surface area contributed by atoms with Crippen molar-refractivity contribution in [1.82, 2.24) is 0 Å². The van der Waals surface area contributed by atoms with E-state index in [-0.39, 0.29) is 19.1 Å². The molecule has 0 spiro atoms. The van der Waals surface area contributed by atoms with Crippen LogP contribution in [0.5, 0.6) is 17.2 Å². The third-order valence-electron chi connectivity index (χ3n) is 4.33. The molecular weight excluding hydrogens is 396 g/mol. The maximum absolute atomic E-state index is 12.4. The summed E-state index contributed by atoms with van der Waals surface area (Å²) in [7, 11) is 1.52. The van der Waals surface area contributed by atoms with Gasteiger partial charge in [-0.2, -0.15) is 5.26 Å². The number of aliphatic hydroxyl groups is 1. The van der Waals surface area contributed by atoms with E-state index in [1.54, 1.807) is 72.8 Å². The van der Waals surface area contributed by atoms with Gasteiger partial charge in [-0.25, -0.2) is 0 Å². The van der Waals surface area contributed by atoms with Crippen LogP contribution in [0.3, 0.4) is 0 Å².